The summed E-state index contributed by atoms with van der Waals surface area (Å²) in [6.07, 6.45) is 2.09. The number of rotatable bonds is 8. The van der Waals surface area contributed by atoms with Gasteiger partial charge in [-0.25, -0.2) is 0 Å². The molecular formula is C16H23N3OS. The fourth-order valence-corrected chi connectivity index (χ4v) is 2.94. The van der Waals surface area contributed by atoms with E-state index in [-0.39, 0.29) is 6.04 Å². The van der Waals surface area contributed by atoms with Crippen LogP contribution in [0.15, 0.2) is 24.3 Å². The van der Waals surface area contributed by atoms with Gasteiger partial charge in [-0.2, -0.15) is 0 Å². The van der Waals surface area contributed by atoms with Crippen molar-refractivity contribution in [2.45, 2.75) is 39.7 Å². The van der Waals surface area contributed by atoms with Crippen LogP contribution in [-0.4, -0.2) is 22.7 Å². The van der Waals surface area contributed by atoms with Gasteiger partial charge in [-0.3, -0.25) is 0 Å². The van der Waals surface area contributed by atoms with Crippen LogP contribution < -0.4 is 10.1 Å². The fourth-order valence-electron chi connectivity index (χ4n) is 2.20. The highest BCUT2D eigenvalue weighted by atomic mass is 32.1. The maximum absolute atomic E-state index is 5.91. The largest absolute Gasteiger partial charge is 0.493 e. The Labute approximate surface area is 130 Å². The molecule has 0 fully saturated rings. The highest BCUT2D eigenvalue weighted by Crippen LogP contribution is 2.32. The maximum Gasteiger partial charge on any atom is 0.124 e. The van der Waals surface area contributed by atoms with Gasteiger partial charge in [0.05, 0.1) is 23.2 Å². The van der Waals surface area contributed by atoms with Crippen molar-refractivity contribution in [1.29, 1.82) is 0 Å². The van der Waals surface area contributed by atoms with Crippen molar-refractivity contribution in [3.63, 3.8) is 0 Å². The van der Waals surface area contributed by atoms with E-state index in [2.05, 4.69) is 40.9 Å². The van der Waals surface area contributed by atoms with Gasteiger partial charge >= 0.3 is 0 Å². The van der Waals surface area contributed by atoms with Gasteiger partial charge in [-0.05, 0) is 43.9 Å². The molecule has 1 unspecified atom stereocenters. The second-order valence-corrected chi connectivity index (χ2v) is 5.78. The molecule has 1 atom stereocenters. The smallest absolute Gasteiger partial charge is 0.124 e. The Morgan fingerprint density at radius 3 is 2.71 bits per heavy atom. The molecule has 0 amide bonds. The summed E-state index contributed by atoms with van der Waals surface area (Å²) in [7, 11) is 0. The lowest BCUT2D eigenvalue weighted by molar-refractivity contribution is 0.311. The quantitative estimate of drug-likeness (QED) is 0.807. The van der Waals surface area contributed by atoms with Gasteiger partial charge in [-0.15, -0.1) is 5.10 Å². The molecule has 0 aliphatic carbocycles. The van der Waals surface area contributed by atoms with Crippen molar-refractivity contribution in [3.8, 4) is 5.75 Å². The van der Waals surface area contributed by atoms with Gasteiger partial charge in [0, 0.05) is 5.56 Å². The molecule has 0 saturated heterocycles. The number of nitrogens with zero attached hydrogens (tertiary/aromatic N) is 2. The Morgan fingerprint density at radius 2 is 2.05 bits per heavy atom. The molecule has 1 aromatic heterocycles. The molecule has 2 rings (SSSR count). The molecule has 1 aromatic carbocycles. The van der Waals surface area contributed by atoms with Crippen molar-refractivity contribution >= 4 is 11.5 Å². The summed E-state index contributed by atoms with van der Waals surface area (Å²) in [6.45, 7) is 7.98. The number of aromatic nitrogens is 2. The summed E-state index contributed by atoms with van der Waals surface area (Å²) in [5.74, 6) is 0.945. The Bertz CT molecular complexity index is 556. The molecule has 0 aliphatic rings. The summed E-state index contributed by atoms with van der Waals surface area (Å²) in [5, 5.41) is 7.75. The minimum atomic E-state index is 0.0954. The van der Waals surface area contributed by atoms with Crippen molar-refractivity contribution in [2.75, 3.05) is 13.2 Å². The third-order valence-electron chi connectivity index (χ3n) is 3.24. The van der Waals surface area contributed by atoms with Gasteiger partial charge in [0.25, 0.3) is 0 Å². The van der Waals surface area contributed by atoms with Crippen LogP contribution in [0.4, 0.5) is 0 Å². The lowest BCUT2D eigenvalue weighted by atomic mass is 10.0. The van der Waals surface area contributed by atoms with E-state index >= 15 is 0 Å². The number of benzene rings is 1. The van der Waals surface area contributed by atoms with E-state index in [1.54, 1.807) is 0 Å². The monoisotopic (exact) mass is 305 g/mol. The Balaban J connectivity index is 2.34. The zero-order chi connectivity index (χ0) is 15.1. The van der Waals surface area contributed by atoms with E-state index in [1.807, 2.05) is 19.1 Å². The summed E-state index contributed by atoms with van der Waals surface area (Å²) in [5.41, 5.74) is 2.15. The standard InChI is InChI=1S/C16H23N3OS/c1-4-10-17-15(16-12(3)18-19-21-16)13-8-6-7-9-14(13)20-11-5-2/h6-9,15,17H,4-5,10-11H2,1-3H3. The van der Waals surface area contributed by atoms with E-state index in [9.17, 15) is 0 Å². The van der Waals surface area contributed by atoms with Crippen LogP contribution in [-0.2, 0) is 0 Å². The second-order valence-electron chi connectivity index (χ2n) is 5.00. The predicted molar refractivity (Wildman–Crippen MR) is 87.0 cm³/mol. The molecule has 0 spiro atoms. The minimum absolute atomic E-state index is 0.0954. The number of ether oxygens (including phenoxy) is 1. The summed E-state index contributed by atoms with van der Waals surface area (Å²) in [6, 6.07) is 8.33. The maximum atomic E-state index is 5.91. The zero-order valence-electron chi connectivity index (χ0n) is 12.9. The second kappa shape index (κ2) is 8.10. The Hall–Kier alpha value is -1.46. The first kappa shape index (κ1) is 15.9. The SMILES string of the molecule is CCCNC(c1ccccc1OCCC)c1snnc1C. The van der Waals surface area contributed by atoms with Crippen LogP contribution in [0.2, 0.25) is 0 Å². The number of hydrogen-bond donors (Lipinski definition) is 1. The van der Waals surface area contributed by atoms with Crippen LogP contribution in [0, 0.1) is 6.92 Å². The van der Waals surface area contributed by atoms with Gasteiger partial charge in [0.15, 0.2) is 0 Å². The van der Waals surface area contributed by atoms with Crippen LogP contribution in [0.1, 0.15) is 48.9 Å². The van der Waals surface area contributed by atoms with E-state index in [4.69, 9.17) is 4.74 Å². The van der Waals surface area contributed by atoms with Gasteiger partial charge in [0.1, 0.15) is 5.75 Å². The van der Waals surface area contributed by atoms with Crippen molar-refractivity contribution < 1.29 is 4.74 Å². The topological polar surface area (TPSA) is 47.0 Å². The average molecular weight is 305 g/mol. The van der Waals surface area contributed by atoms with E-state index in [0.29, 0.717) is 0 Å². The number of para-hydroxylation sites is 1. The van der Waals surface area contributed by atoms with Gasteiger partial charge in [0.2, 0.25) is 0 Å². The Morgan fingerprint density at radius 1 is 1.24 bits per heavy atom. The van der Waals surface area contributed by atoms with Gasteiger partial charge < -0.3 is 10.1 Å². The molecular weight excluding hydrogens is 282 g/mol. The Kier molecular flexibility index (Phi) is 6.14. The summed E-state index contributed by atoms with van der Waals surface area (Å²) < 4.78 is 9.99. The van der Waals surface area contributed by atoms with Crippen LogP contribution in [0.3, 0.4) is 0 Å². The van der Waals surface area contributed by atoms with E-state index in [0.717, 1.165) is 47.9 Å². The normalized spacial score (nSPS) is 12.3. The molecule has 0 bridgehead atoms. The fraction of sp³-hybridized carbons (Fsp3) is 0.500. The molecule has 0 saturated carbocycles. The molecule has 2 aromatic rings. The van der Waals surface area contributed by atoms with E-state index in [1.165, 1.54) is 11.5 Å². The molecule has 21 heavy (non-hydrogen) atoms. The highest BCUT2D eigenvalue weighted by Gasteiger charge is 2.21. The molecule has 4 nitrogen and oxygen atoms in total. The first-order chi connectivity index (χ1) is 10.3. The lowest BCUT2D eigenvalue weighted by Gasteiger charge is -2.21. The number of aryl methyl sites for hydroxylation is 1. The summed E-state index contributed by atoms with van der Waals surface area (Å²) >= 11 is 1.46. The van der Waals surface area contributed by atoms with Crippen LogP contribution in [0.25, 0.3) is 0 Å². The molecule has 1 N–H and O–H groups in total. The van der Waals surface area contributed by atoms with Crippen molar-refractivity contribution in [3.05, 3.63) is 40.4 Å². The zero-order valence-corrected chi connectivity index (χ0v) is 13.7. The number of hydrogen-bond acceptors (Lipinski definition) is 5. The van der Waals surface area contributed by atoms with Crippen molar-refractivity contribution in [1.82, 2.24) is 14.9 Å². The molecule has 5 heteroatoms. The van der Waals surface area contributed by atoms with Gasteiger partial charge in [-0.1, -0.05) is 36.5 Å². The third kappa shape index (κ3) is 4.02. The molecule has 114 valence electrons. The summed E-state index contributed by atoms with van der Waals surface area (Å²) in [4.78, 5) is 1.16. The molecule has 0 aliphatic heterocycles. The predicted octanol–water partition coefficient (Wildman–Crippen LogP) is 3.72. The lowest BCUT2D eigenvalue weighted by Crippen LogP contribution is -2.23. The first-order valence-electron chi connectivity index (χ1n) is 7.51. The number of nitrogens with one attached hydrogen (secondary N) is 1. The van der Waals surface area contributed by atoms with Crippen molar-refractivity contribution in [2.24, 2.45) is 0 Å². The van der Waals surface area contributed by atoms with E-state index < -0.39 is 0 Å². The first-order valence-corrected chi connectivity index (χ1v) is 8.29. The molecule has 1 heterocycles. The minimum Gasteiger partial charge on any atom is -0.493 e. The van der Waals surface area contributed by atoms with Crippen LogP contribution >= 0.6 is 11.5 Å². The van der Waals surface area contributed by atoms with Crippen LogP contribution in [0.5, 0.6) is 5.75 Å². The average Bonchev–Trinajstić information content (AvgIpc) is 2.93. The molecule has 0 radical (unpaired) electrons. The third-order valence-corrected chi connectivity index (χ3v) is 4.13. The highest BCUT2D eigenvalue weighted by molar-refractivity contribution is 7.05.